The van der Waals surface area contributed by atoms with Crippen LogP contribution in [0.25, 0.3) is 10.9 Å². The van der Waals surface area contributed by atoms with Crippen LogP contribution >= 0.6 is 0 Å². The molecule has 0 atom stereocenters. The minimum Gasteiger partial charge on any atom is -0.496 e. The first kappa shape index (κ1) is 24.9. The number of anilines is 3. The Morgan fingerprint density at radius 2 is 2.03 bits per heavy atom. The lowest BCUT2D eigenvalue weighted by Crippen LogP contribution is -2.34. The first-order valence-corrected chi connectivity index (χ1v) is 12.9. The maximum atomic E-state index is 15.2. The molecule has 37 heavy (non-hydrogen) atoms. The summed E-state index contributed by atoms with van der Waals surface area (Å²) in [5.74, 6) is 2.70. The number of halogens is 1. The van der Waals surface area contributed by atoms with Gasteiger partial charge in [0.2, 0.25) is 5.95 Å². The Morgan fingerprint density at radius 3 is 2.73 bits per heavy atom. The van der Waals surface area contributed by atoms with Crippen LogP contribution in [0, 0.1) is 11.7 Å². The van der Waals surface area contributed by atoms with Gasteiger partial charge in [-0.1, -0.05) is 13.8 Å². The van der Waals surface area contributed by atoms with Crippen LogP contribution in [0.15, 0.2) is 36.5 Å². The van der Waals surface area contributed by atoms with E-state index >= 15 is 4.39 Å². The summed E-state index contributed by atoms with van der Waals surface area (Å²) in [6.45, 7) is 5.93. The minimum absolute atomic E-state index is 0.230. The van der Waals surface area contributed by atoms with Gasteiger partial charge in [0.25, 0.3) is 0 Å². The number of aromatic nitrogens is 6. The van der Waals surface area contributed by atoms with Crippen molar-refractivity contribution in [3.05, 3.63) is 53.7 Å². The molecule has 194 valence electrons. The summed E-state index contributed by atoms with van der Waals surface area (Å²) in [6, 6.07) is 9.16. The van der Waals surface area contributed by atoms with Gasteiger partial charge in [-0.25, -0.2) is 19.5 Å². The first-order chi connectivity index (χ1) is 18.0. The molecular weight excluding hydrogens is 471 g/mol. The molecule has 0 spiro atoms. The second-order valence-electron chi connectivity index (χ2n) is 9.93. The van der Waals surface area contributed by atoms with Gasteiger partial charge in [-0.15, -0.1) is 5.10 Å². The summed E-state index contributed by atoms with van der Waals surface area (Å²) in [6.07, 6.45) is 6.95. The zero-order valence-electron chi connectivity index (χ0n) is 21.5. The third-order valence-electron chi connectivity index (χ3n) is 7.12. The average molecular weight is 505 g/mol. The average Bonchev–Trinajstić information content (AvgIpc) is 3.42. The maximum Gasteiger partial charge on any atom is 0.227 e. The van der Waals surface area contributed by atoms with E-state index in [1.54, 1.807) is 13.3 Å². The molecule has 1 aliphatic rings. The molecular formula is C27H33FN8O. The number of aromatic amines is 1. The van der Waals surface area contributed by atoms with Crippen LogP contribution < -0.4 is 15.0 Å². The lowest BCUT2D eigenvalue weighted by molar-refractivity contribution is 0.370. The molecule has 3 heterocycles. The Balaban J connectivity index is 1.22. The highest BCUT2D eigenvalue weighted by Gasteiger charge is 2.22. The molecule has 2 N–H and O–H groups in total. The van der Waals surface area contributed by atoms with Crippen LogP contribution in [0.1, 0.15) is 56.8 Å². The Morgan fingerprint density at radius 1 is 1.19 bits per heavy atom. The van der Waals surface area contributed by atoms with Gasteiger partial charge < -0.3 is 15.0 Å². The van der Waals surface area contributed by atoms with Crippen molar-refractivity contribution in [2.45, 2.75) is 51.9 Å². The van der Waals surface area contributed by atoms with Crippen molar-refractivity contribution >= 4 is 28.2 Å². The standard InChI is InChI=1S/C27H33FN8O/c1-17(2)25-23(37-3)10-7-19-16-29-27(31-26(19)25)30-20-8-9-22(21(28)15-20)36-13-11-18(12-14-36)5-4-6-24-32-34-35-33-24/h7-10,15-18H,4-6,11-14H2,1-3H3,(H,29,30,31)(H,32,33,34,35). The summed E-state index contributed by atoms with van der Waals surface area (Å²) in [4.78, 5) is 11.3. The van der Waals surface area contributed by atoms with E-state index in [1.165, 1.54) is 6.07 Å². The second-order valence-corrected chi connectivity index (χ2v) is 9.93. The number of benzene rings is 2. The third kappa shape index (κ3) is 5.63. The van der Waals surface area contributed by atoms with Crippen LogP contribution in [-0.2, 0) is 6.42 Å². The zero-order valence-corrected chi connectivity index (χ0v) is 21.5. The number of H-pyrrole nitrogens is 1. The molecule has 5 rings (SSSR count). The molecule has 1 aliphatic heterocycles. The lowest BCUT2D eigenvalue weighted by atomic mass is 9.91. The fourth-order valence-electron chi connectivity index (χ4n) is 5.17. The first-order valence-electron chi connectivity index (χ1n) is 12.9. The van der Waals surface area contributed by atoms with Crippen LogP contribution in [-0.4, -0.2) is 50.8 Å². The van der Waals surface area contributed by atoms with Gasteiger partial charge in [0.05, 0.1) is 18.3 Å². The number of fused-ring (bicyclic) bond motifs is 1. The molecule has 2 aromatic carbocycles. The summed E-state index contributed by atoms with van der Waals surface area (Å²) in [5, 5.41) is 18.1. The predicted octanol–water partition coefficient (Wildman–Crippen LogP) is 5.40. The minimum atomic E-state index is -0.244. The summed E-state index contributed by atoms with van der Waals surface area (Å²) < 4.78 is 20.7. The predicted molar refractivity (Wildman–Crippen MR) is 142 cm³/mol. The van der Waals surface area contributed by atoms with Crippen molar-refractivity contribution in [3.63, 3.8) is 0 Å². The number of rotatable bonds is 9. The number of aryl methyl sites for hydroxylation is 1. The Hall–Kier alpha value is -3.82. The van der Waals surface area contributed by atoms with Gasteiger partial charge in [-0.05, 0) is 78.3 Å². The van der Waals surface area contributed by atoms with Gasteiger partial charge in [0.15, 0.2) is 0 Å². The van der Waals surface area contributed by atoms with Crippen molar-refractivity contribution in [3.8, 4) is 5.75 Å². The van der Waals surface area contributed by atoms with Gasteiger partial charge in [-0.3, -0.25) is 0 Å². The molecule has 0 bridgehead atoms. The molecule has 0 saturated carbocycles. The summed E-state index contributed by atoms with van der Waals surface area (Å²) in [5.41, 5.74) is 3.13. The molecule has 10 heteroatoms. The number of methoxy groups -OCH3 is 1. The van der Waals surface area contributed by atoms with Crippen molar-refractivity contribution < 1.29 is 9.13 Å². The van der Waals surface area contributed by atoms with Gasteiger partial charge in [0.1, 0.15) is 17.4 Å². The second kappa shape index (κ2) is 11.1. The van der Waals surface area contributed by atoms with E-state index in [2.05, 4.69) is 49.7 Å². The molecule has 0 amide bonds. The fraction of sp³-hybridized carbons (Fsp3) is 0.444. The molecule has 4 aromatic rings. The maximum absolute atomic E-state index is 15.2. The van der Waals surface area contributed by atoms with E-state index in [0.29, 0.717) is 23.2 Å². The Bertz CT molecular complexity index is 1340. The van der Waals surface area contributed by atoms with Crippen molar-refractivity contribution in [1.82, 2.24) is 30.6 Å². The zero-order chi connectivity index (χ0) is 25.8. The highest BCUT2D eigenvalue weighted by Crippen LogP contribution is 2.34. The number of piperidine rings is 1. The summed E-state index contributed by atoms with van der Waals surface area (Å²) >= 11 is 0. The van der Waals surface area contributed by atoms with Crippen LogP contribution in [0.5, 0.6) is 5.75 Å². The van der Waals surface area contributed by atoms with Gasteiger partial charge in [-0.2, -0.15) is 0 Å². The van der Waals surface area contributed by atoms with E-state index in [4.69, 9.17) is 9.72 Å². The van der Waals surface area contributed by atoms with E-state index < -0.39 is 0 Å². The van der Waals surface area contributed by atoms with Crippen LogP contribution in [0.4, 0.5) is 21.7 Å². The molecule has 1 saturated heterocycles. The van der Waals surface area contributed by atoms with E-state index in [0.717, 1.165) is 73.2 Å². The van der Waals surface area contributed by atoms with E-state index in [1.807, 2.05) is 24.3 Å². The molecule has 0 aliphatic carbocycles. The van der Waals surface area contributed by atoms with Gasteiger partial charge in [0, 0.05) is 42.3 Å². The molecule has 0 unspecified atom stereocenters. The Labute approximate surface area is 215 Å². The van der Waals surface area contributed by atoms with Crippen LogP contribution in [0.2, 0.25) is 0 Å². The van der Waals surface area contributed by atoms with Crippen LogP contribution in [0.3, 0.4) is 0 Å². The van der Waals surface area contributed by atoms with E-state index in [-0.39, 0.29) is 11.7 Å². The van der Waals surface area contributed by atoms with E-state index in [9.17, 15) is 0 Å². The monoisotopic (exact) mass is 504 g/mol. The van der Waals surface area contributed by atoms with Crippen molar-refractivity contribution in [2.75, 3.05) is 30.4 Å². The highest BCUT2D eigenvalue weighted by atomic mass is 19.1. The van der Waals surface area contributed by atoms with Gasteiger partial charge >= 0.3 is 0 Å². The smallest absolute Gasteiger partial charge is 0.227 e. The topological polar surface area (TPSA) is 105 Å². The quantitative estimate of drug-likeness (QED) is 0.312. The highest BCUT2D eigenvalue weighted by molar-refractivity contribution is 5.85. The number of nitrogens with zero attached hydrogens (tertiary/aromatic N) is 6. The lowest BCUT2D eigenvalue weighted by Gasteiger charge is -2.34. The normalized spacial score (nSPS) is 14.5. The molecule has 0 radical (unpaired) electrons. The molecule has 2 aromatic heterocycles. The number of nitrogens with one attached hydrogen (secondary N) is 2. The number of hydrogen-bond acceptors (Lipinski definition) is 8. The largest absolute Gasteiger partial charge is 0.496 e. The SMILES string of the molecule is COc1ccc2cnc(Nc3ccc(N4CCC(CCCc5nnn[nH]5)CC4)c(F)c3)nc2c1C(C)C. The summed E-state index contributed by atoms with van der Waals surface area (Å²) in [7, 11) is 1.67. The van der Waals surface area contributed by atoms with Crippen molar-refractivity contribution in [1.29, 1.82) is 0 Å². The fourth-order valence-corrected chi connectivity index (χ4v) is 5.17. The Kier molecular flexibility index (Phi) is 7.43. The number of ether oxygens (including phenoxy) is 1. The molecule has 1 fully saturated rings. The number of tetrazole rings is 1. The van der Waals surface area contributed by atoms with Crippen molar-refractivity contribution in [2.24, 2.45) is 5.92 Å². The third-order valence-corrected chi connectivity index (χ3v) is 7.12. The molecule has 9 nitrogen and oxygen atoms in total. The number of hydrogen-bond donors (Lipinski definition) is 2.